The first-order valence-corrected chi connectivity index (χ1v) is 7.23. The van der Waals surface area contributed by atoms with Crippen molar-refractivity contribution in [2.75, 3.05) is 5.75 Å². The SMILES string of the molecule is CCC1CC1NC1CCS(=O)(=O)C1C. The second-order valence-electron chi connectivity index (χ2n) is 4.64. The molecule has 0 aromatic carbocycles. The zero-order chi connectivity index (χ0) is 10.3. The number of nitrogens with one attached hydrogen (secondary N) is 1. The second-order valence-corrected chi connectivity index (χ2v) is 7.12. The van der Waals surface area contributed by atoms with Crippen molar-refractivity contribution in [3.05, 3.63) is 0 Å². The van der Waals surface area contributed by atoms with Gasteiger partial charge in [-0.2, -0.15) is 0 Å². The predicted molar refractivity (Wildman–Crippen MR) is 57.0 cm³/mol. The Labute approximate surface area is 86.2 Å². The van der Waals surface area contributed by atoms with Crippen LogP contribution < -0.4 is 5.32 Å². The van der Waals surface area contributed by atoms with Gasteiger partial charge in [0.25, 0.3) is 0 Å². The van der Waals surface area contributed by atoms with E-state index >= 15 is 0 Å². The molecular formula is C10H19NO2S. The van der Waals surface area contributed by atoms with Crippen molar-refractivity contribution in [1.29, 1.82) is 0 Å². The third-order valence-electron chi connectivity index (χ3n) is 3.72. The highest BCUT2D eigenvalue weighted by atomic mass is 32.2. The van der Waals surface area contributed by atoms with E-state index in [4.69, 9.17) is 0 Å². The average Bonchev–Trinajstić information content (AvgIpc) is 2.84. The summed E-state index contributed by atoms with van der Waals surface area (Å²) in [7, 11) is -2.78. The lowest BCUT2D eigenvalue weighted by molar-refractivity contribution is 0.484. The second kappa shape index (κ2) is 3.49. The van der Waals surface area contributed by atoms with Crippen LogP contribution in [0, 0.1) is 5.92 Å². The van der Waals surface area contributed by atoms with Crippen molar-refractivity contribution in [3.8, 4) is 0 Å². The third kappa shape index (κ3) is 1.82. The molecule has 3 nitrogen and oxygen atoms in total. The van der Waals surface area contributed by atoms with Crippen molar-refractivity contribution in [3.63, 3.8) is 0 Å². The topological polar surface area (TPSA) is 46.2 Å². The van der Waals surface area contributed by atoms with Crippen molar-refractivity contribution < 1.29 is 8.42 Å². The van der Waals surface area contributed by atoms with Crippen molar-refractivity contribution in [2.24, 2.45) is 5.92 Å². The van der Waals surface area contributed by atoms with Crippen molar-refractivity contribution in [2.45, 2.75) is 50.4 Å². The summed E-state index contributed by atoms with van der Waals surface area (Å²) in [6, 6.07) is 0.808. The lowest BCUT2D eigenvalue weighted by Gasteiger charge is -2.15. The zero-order valence-electron chi connectivity index (χ0n) is 8.86. The van der Waals surface area contributed by atoms with Crippen LogP contribution in [0.2, 0.25) is 0 Å². The summed E-state index contributed by atoms with van der Waals surface area (Å²) in [5.41, 5.74) is 0. The maximum atomic E-state index is 11.5. The minimum absolute atomic E-state index is 0.180. The summed E-state index contributed by atoms with van der Waals surface area (Å²) in [5.74, 6) is 1.17. The van der Waals surface area contributed by atoms with E-state index in [1.807, 2.05) is 6.92 Å². The number of sulfone groups is 1. The Bertz CT molecular complexity index is 312. The Hall–Kier alpha value is -0.0900. The van der Waals surface area contributed by atoms with Crippen LogP contribution >= 0.6 is 0 Å². The van der Waals surface area contributed by atoms with E-state index in [-0.39, 0.29) is 11.3 Å². The Morgan fingerprint density at radius 2 is 2.07 bits per heavy atom. The molecule has 0 spiro atoms. The van der Waals surface area contributed by atoms with Gasteiger partial charge in [0.15, 0.2) is 9.84 Å². The highest BCUT2D eigenvalue weighted by Gasteiger charge is 2.42. The van der Waals surface area contributed by atoms with Crippen molar-refractivity contribution in [1.82, 2.24) is 5.32 Å². The fourth-order valence-electron chi connectivity index (χ4n) is 2.36. The van der Waals surface area contributed by atoms with Gasteiger partial charge in [-0.05, 0) is 25.7 Å². The average molecular weight is 217 g/mol. The van der Waals surface area contributed by atoms with E-state index in [1.54, 1.807) is 0 Å². The molecule has 2 rings (SSSR count). The molecule has 4 heteroatoms. The van der Waals surface area contributed by atoms with E-state index in [2.05, 4.69) is 12.2 Å². The summed E-state index contributed by atoms with van der Waals surface area (Å²) in [6.45, 7) is 4.03. The molecule has 0 radical (unpaired) electrons. The Morgan fingerprint density at radius 1 is 1.36 bits per heavy atom. The number of rotatable bonds is 3. The van der Waals surface area contributed by atoms with E-state index < -0.39 is 9.84 Å². The van der Waals surface area contributed by atoms with Gasteiger partial charge in [0, 0.05) is 12.1 Å². The smallest absolute Gasteiger partial charge is 0.154 e. The maximum absolute atomic E-state index is 11.5. The van der Waals surface area contributed by atoms with Crippen LogP contribution in [-0.2, 0) is 9.84 Å². The van der Waals surface area contributed by atoms with E-state index in [0.29, 0.717) is 11.8 Å². The Morgan fingerprint density at radius 3 is 2.50 bits per heavy atom. The number of hydrogen-bond donors (Lipinski definition) is 1. The molecule has 0 bridgehead atoms. The first-order valence-electron chi connectivity index (χ1n) is 5.52. The molecule has 0 amide bonds. The minimum atomic E-state index is -2.78. The summed E-state index contributed by atoms with van der Waals surface area (Å²) in [5, 5.41) is 3.30. The predicted octanol–water partition coefficient (Wildman–Crippen LogP) is 0.950. The van der Waals surface area contributed by atoms with Gasteiger partial charge in [0.1, 0.15) is 0 Å². The van der Waals surface area contributed by atoms with Gasteiger partial charge in [-0.3, -0.25) is 0 Å². The maximum Gasteiger partial charge on any atom is 0.154 e. The normalized spacial score (nSPS) is 45.3. The van der Waals surface area contributed by atoms with Crippen LogP contribution in [0.1, 0.15) is 33.1 Å². The summed E-state index contributed by atoms with van der Waals surface area (Å²) >= 11 is 0. The lowest BCUT2D eigenvalue weighted by Crippen LogP contribution is -2.38. The van der Waals surface area contributed by atoms with Crippen LogP contribution in [0.15, 0.2) is 0 Å². The van der Waals surface area contributed by atoms with Gasteiger partial charge in [-0.25, -0.2) is 8.42 Å². The zero-order valence-corrected chi connectivity index (χ0v) is 9.68. The van der Waals surface area contributed by atoms with Crippen LogP contribution in [0.3, 0.4) is 0 Å². The molecule has 0 aromatic heterocycles. The molecule has 1 heterocycles. The molecule has 2 fully saturated rings. The molecule has 1 aliphatic heterocycles. The first-order chi connectivity index (χ1) is 6.54. The molecule has 14 heavy (non-hydrogen) atoms. The van der Waals surface area contributed by atoms with Crippen LogP contribution in [0.25, 0.3) is 0 Å². The summed E-state index contributed by atoms with van der Waals surface area (Å²) < 4.78 is 23.0. The molecule has 82 valence electrons. The minimum Gasteiger partial charge on any atom is -0.310 e. The third-order valence-corrected chi connectivity index (χ3v) is 5.99. The van der Waals surface area contributed by atoms with Gasteiger partial charge >= 0.3 is 0 Å². The summed E-state index contributed by atoms with van der Waals surface area (Å²) in [6.07, 6.45) is 3.25. The largest absolute Gasteiger partial charge is 0.310 e. The Kier molecular flexibility index (Phi) is 2.60. The molecule has 4 atom stereocenters. The molecule has 0 aromatic rings. The molecule has 1 aliphatic carbocycles. The summed E-state index contributed by atoms with van der Waals surface area (Å²) in [4.78, 5) is 0. The van der Waals surface area contributed by atoms with Crippen LogP contribution in [0.5, 0.6) is 0 Å². The molecule has 1 saturated carbocycles. The fraction of sp³-hybridized carbons (Fsp3) is 1.00. The van der Waals surface area contributed by atoms with E-state index in [9.17, 15) is 8.42 Å². The monoisotopic (exact) mass is 217 g/mol. The molecule has 4 unspecified atom stereocenters. The van der Waals surface area contributed by atoms with Crippen LogP contribution in [0.4, 0.5) is 0 Å². The molecule has 1 saturated heterocycles. The van der Waals surface area contributed by atoms with Gasteiger partial charge in [-0.1, -0.05) is 13.3 Å². The van der Waals surface area contributed by atoms with E-state index in [0.717, 1.165) is 12.3 Å². The van der Waals surface area contributed by atoms with Gasteiger partial charge in [-0.15, -0.1) is 0 Å². The lowest BCUT2D eigenvalue weighted by atomic mass is 10.1. The van der Waals surface area contributed by atoms with Gasteiger partial charge < -0.3 is 5.32 Å². The van der Waals surface area contributed by atoms with Gasteiger partial charge in [0.2, 0.25) is 0 Å². The highest BCUT2D eigenvalue weighted by molar-refractivity contribution is 7.92. The number of hydrogen-bond acceptors (Lipinski definition) is 3. The molecular weight excluding hydrogens is 198 g/mol. The van der Waals surface area contributed by atoms with Crippen molar-refractivity contribution >= 4 is 9.84 Å². The standard InChI is InChI=1S/C10H19NO2S/c1-3-8-6-10(8)11-9-4-5-14(12,13)7(9)2/h7-11H,3-6H2,1-2H3. The van der Waals surface area contributed by atoms with Gasteiger partial charge in [0.05, 0.1) is 11.0 Å². The Balaban J connectivity index is 1.89. The molecule has 2 aliphatic rings. The fourth-order valence-corrected chi connectivity index (χ4v) is 4.03. The first kappa shape index (κ1) is 10.4. The quantitative estimate of drug-likeness (QED) is 0.765. The highest BCUT2D eigenvalue weighted by Crippen LogP contribution is 2.35. The van der Waals surface area contributed by atoms with Crippen LogP contribution in [-0.4, -0.2) is 31.5 Å². The molecule has 1 N–H and O–H groups in total. The van der Waals surface area contributed by atoms with E-state index in [1.165, 1.54) is 12.8 Å².